The Bertz CT molecular complexity index is 969. The third kappa shape index (κ3) is 6.82. The molecule has 2 amide bonds. The van der Waals surface area contributed by atoms with Crippen molar-refractivity contribution in [1.29, 1.82) is 0 Å². The van der Waals surface area contributed by atoms with E-state index in [2.05, 4.69) is 22.8 Å². The van der Waals surface area contributed by atoms with E-state index in [1.165, 1.54) is 12.0 Å². The van der Waals surface area contributed by atoms with Crippen molar-refractivity contribution in [1.82, 2.24) is 15.2 Å². The molecule has 1 aromatic rings. The molecule has 2 bridgehead atoms. The normalized spacial score (nSPS) is 24.4. The maximum atomic E-state index is 13.3. The van der Waals surface area contributed by atoms with Gasteiger partial charge < -0.3 is 20.6 Å². The minimum atomic E-state index is -1.26. The van der Waals surface area contributed by atoms with Gasteiger partial charge in [0, 0.05) is 38.2 Å². The van der Waals surface area contributed by atoms with E-state index >= 15 is 0 Å². The zero-order valence-corrected chi connectivity index (χ0v) is 22.6. The molecule has 37 heavy (non-hydrogen) atoms. The summed E-state index contributed by atoms with van der Waals surface area (Å²) in [6.07, 6.45) is 11.5. The topological polar surface area (TPSA) is 112 Å². The average Bonchev–Trinajstić information content (AvgIpc) is 2.87. The van der Waals surface area contributed by atoms with Gasteiger partial charge in [-0.3, -0.25) is 9.59 Å². The molecule has 3 aliphatic rings. The van der Waals surface area contributed by atoms with Gasteiger partial charge in [0.25, 0.3) is 0 Å². The van der Waals surface area contributed by atoms with Crippen LogP contribution in [0.2, 0.25) is 0 Å². The SMILES string of the molecule is CC(=O)N1CC2CCCC(C1)C2C(=O)N[C@@](C)(CCCCCCCc1ccc2c(n1)NCCC2)C(=O)O. The summed E-state index contributed by atoms with van der Waals surface area (Å²) in [5.41, 5.74) is 1.19. The molecule has 3 N–H and O–H groups in total. The number of anilines is 1. The molecule has 2 fully saturated rings. The Hall–Kier alpha value is -2.64. The maximum Gasteiger partial charge on any atom is 0.329 e. The van der Waals surface area contributed by atoms with Crippen molar-refractivity contribution in [2.45, 2.75) is 96.4 Å². The third-order valence-corrected chi connectivity index (χ3v) is 8.76. The van der Waals surface area contributed by atoms with Gasteiger partial charge in [0.05, 0.1) is 0 Å². The molecular weight excluding hydrogens is 468 g/mol. The highest BCUT2D eigenvalue weighted by atomic mass is 16.4. The Morgan fingerprint density at radius 1 is 1.08 bits per heavy atom. The maximum absolute atomic E-state index is 13.3. The minimum absolute atomic E-state index is 0.0575. The van der Waals surface area contributed by atoms with E-state index in [1.807, 2.05) is 4.90 Å². The van der Waals surface area contributed by atoms with Gasteiger partial charge in [-0.1, -0.05) is 38.2 Å². The largest absolute Gasteiger partial charge is 0.480 e. The van der Waals surface area contributed by atoms with Crippen molar-refractivity contribution in [2.75, 3.05) is 25.0 Å². The minimum Gasteiger partial charge on any atom is -0.480 e. The molecule has 0 radical (unpaired) electrons. The molecule has 3 atom stereocenters. The quantitative estimate of drug-likeness (QED) is 0.384. The van der Waals surface area contributed by atoms with E-state index in [4.69, 9.17) is 4.98 Å². The van der Waals surface area contributed by atoms with Gasteiger partial charge in [-0.05, 0) is 75.3 Å². The summed E-state index contributed by atoms with van der Waals surface area (Å²) < 4.78 is 0. The molecule has 8 nitrogen and oxygen atoms in total. The van der Waals surface area contributed by atoms with E-state index in [1.54, 1.807) is 13.8 Å². The fourth-order valence-corrected chi connectivity index (χ4v) is 6.52. The summed E-state index contributed by atoms with van der Waals surface area (Å²) in [5.74, 6) is 0.0306. The highest BCUT2D eigenvalue weighted by molar-refractivity contribution is 5.88. The third-order valence-electron chi connectivity index (χ3n) is 8.76. The van der Waals surface area contributed by atoms with Crippen LogP contribution < -0.4 is 10.6 Å². The molecule has 4 rings (SSSR count). The van der Waals surface area contributed by atoms with Crippen LogP contribution in [-0.4, -0.2) is 57.9 Å². The first kappa shape index (κ1) is 27.4. The van der Waals surface area contributed by atoms with Crippen LogP contribution >= 0.6 is 0 Å². The number of pyridine rings is 1. The van der Waals surface area contributed by atoms with Crippen LogP contribution in [0.3, 0.4) is 0 Å². The number of carboxylic acids is 1. The molecule has 3 heterocycles. The number of likely N-dealkylation sites (tertiary alicyclic amines) is 1. The Kier molecular flexibility index (Phi) is 9.08. The van der Waals surface area contributed by atoms with Crippen molar-refractivity contribution in [3.05, 3.63) is 23.4 Å². The number of carboxylic acid groups (broad SMARTS) is 1. The number of carbonyl (C=O) groups is 3. The van der Waals surface area contributed by atoms with Gasteiger partial charge in [0.15, 0.2) is 0 Å². The van der Waals surface area contributed by atoms with Gasteiger partial charge in [0.2, 0.25) is 11.8 Å². The van der Waals surface area contributed by atoms with Crippen molar-refractivity contribution in [3.63, 3.8) is 0 Å². The van der Waals surface area contributed by atoms with Crippen LogP contribution in [0.25, 0.3) is 0 Å². The van der Waals surface area contributed by atoms with E-state index in [0.717, 1.165) is 82.3 Å². The van der Waals surface area contributed by atoms with Crippen LogP contribution in [0.5, 0.6) is 0 Å². The van der Waals surface area contributed by atoms with E-state index in [-0.39, 0.29) is 29.6 Å². The van der Waals surface area contributed by atoms with Crippen LogP contribution in [-0.2, 0) is 27.2 Å². The number of aliphatic carboxylic acids is 1. The molecule has 1 aromatic heterocycles. The first-order valence-corrected chi connectivity index (χ1v) is 14.3. The lowest BCUT2D eigenvalue weighted by Crippen LogP contribution is -2.59. The van der Waals surface area contributed by atoms with Crippen LogP contribution in [0.15, 0.2) is 12.1 Å². The number of aryl methyl sites for hydroxylation is 2. The number of aromatic nitrogens is 1. The number of fused-ring (bicyclic) bond motifs is 3. The lowest BCUT2D eigenvalue weighted by atomic mass is 9.68. The average molecular weight is 513 g/mol. The number of hydrogen-bond donors (Lipinski definition) is 3. The van der Waals surface area contributed by atoms with Gasteiger partial charge in [-0.2, -0.15) is 0 Å². The summed E-state index contributed by atoms with van der Waals surface area (Å²) in [6, 6.07) is 4.34. The number of nitrogens with one attached hydrogen (secondary N) is 2. The molecule has 2 aliphatic heterocycles. The molecule has 1 saturated carbocycles. The smallest absolute Gasteiger partial charge is 0.329 e. The number of amides is 2. The molecular formula is C29H44N4O4. The van der Waals surface area contributed by atoms with E-state index in [9.17, 15) is 19.5 Å². The summed E-state index contributed by atoms with van der Waals surface area (Å²) in [6.45, 7) is 5.43. The highest BCUT2D eigenvalue weighted by Crippen LogP contribution is 2.40. The second-order valence-corrected chi connectivity index (χ2v) is 11.6. The highest BCUT2D eigenvalue weighted by Gasteiger charge is 2.46. The standard InChI is InChI=1S/C29H44N4O4/c1-20(34)33-18-22-10-8-11-23(19-33)25(22)27(35)32-29(2,28(36)37)16-7-5-3-4-6-13-24-15-14-21-12-9-17-30-26(21)31-24/h14-15,22-23,25H,3-13,16-19H2,1-2H3,(H,30,31)(H,32,35)(H,36,37)/t22?,23?,25?,29-/m0/s1. The van der Waals surface area contributed by atoms with Gasteiger partial charge in [-0.25, -0.2) is 9.78 Å². The number of carbonyl (C=O) groups excluding carboxylic acids is 2. The fourth-order valence-electron chi connectivity index (χ4n) is 6.52. The lowest BCUT2D eigenvalue weighted by Gasteiger charge is -2.47. The first-order chi connectivity index (χ1) is 17.8. The first-order valence-electron chi connectivity index (χ1n) is 14.3. The Morgan fingerprint density at radius 3 is 2.49 bits per heavy atom. The zero-order chi connectivity index (χ0) is 26.4. The Morgan fingerprint density at radius 2 is 1.78 bits per heavy atom. The van der Waals surface area contributed by atoms with Gasteiger partial charge in [-0.15, -0.1) is 0 Å². The van der Waals surface area contributed by atoms with Gasteiger partial charge >= 0.3 is 5.97 Å². The van der Waals surface area contributed by atoms with Crippen molar-refractivity contribution < 1.29 is 19.5 Å². The summed E-state index contributed by atoms with van der Waals surface area (Å²) in [5, 5.41) is 16.3. The predicted molar refractivity (Wildman–Crippen MR) is 143 cm³/mol. The number of unbranched alkanes of at least 4 members (excludes halogenated alkanes) is 4. The number of hydrogen-bond acceptors (Lipinski definition) is 5. The second kappa shape index (κ2) is 12.3. The second-order valence-electron chi connectivity index (χ2n) is 11.6. The molecule has 0 spiro atoms. The van der Waals surface area contributed by atoms with Crippen molar-refractivity contribution in [3.8, 4) is 0 Å². The number of nitrogens with zero attached hydrogens (tertiary/aromatic N) is 2. The number of piperidine rings is 1. The van der Waals surface area contributed by atoms with Crippen LogP contribution in [0, 0.1) is 17.8 Å². The molecule has 1 aliphatic carbocycles. The molecule has 8 heteroatoms. The van der Waals surface area contributed by atoms with Gasteiger partial charge in [0.1, 0.15) is 11.4 Å². The van der Waals surface area contributed by atoms with E-state index < -0.39 is 11.5 Å². The Labute approximate surface area is 221 Å². The number of rotatable bonds is 11. The van der Waals surface area contributed by atoms with Crippen LogP contribution in [0.4, 0.5) is 5.82 Å². The zero-order valence-electron chi connectivity index (χ0n) is 22.6. The van der Waals surface area contributed by atoms with Crippen molar-refractivity contribution >= 4 is 23.6 Å². The summed E-state index contributed by atoms with van der Waals surface area (Å²) >= 11 is 0. The molecule has 1 saturated heterocycles. The predicted octanol–water partition coefficient (Wildman–Crippen LogP) is 4.18. The van der Waals surface area contributed by atoms with E-state index in [0.29, 0.717) is 19.5 Å². The summed E-state index contributed by atoms with van der Waals surface area (Å²) in [4.78, 5) is 44.0. The Balaban J connectivity index is 1.20. The monoisotopic (exact) mass is 512 g/mol. The molecule has 0 aromatic carbocycles. The summed E-state index contributed by atoms with van der Waals surface area (Å²) in [7, 11) is 0. The molecule has 2 unspecified atom stereocenters. The van der Waals surface area contributed by atoms with Crippen LogP contribution in [0.1, 0.15) is 89.3 Å². The lowest BCUT2D eigenvalue weighted by molar-refractivity contribution is -0.151. The molecule has 204 valence electrons. The fraction of sp³-hybridized carbons (Fsp3) is 0.724. The van der Waals surface area contributed by atoms with Crippen molar-refractivity contribution in [2.24, 2.45) is 17.8 Å².